The summed E-state index contributed by atoms with van der Waals surface area (Å²) in [5, 5.41) is 4.49. The molecule has 8 nitrogen and oxygen atoms in total. The van der Waals surface area contributed by atoms with E-state index in [0.29, 0.717) is 25.4 Å². The minimum atomic E-state index is -0.395. The summed E-state index contributed by atoms with van der Waals surface area (Å²) in [5.74, 6) is 1.41. The minimum absolute atomic E-state index is 0.395. The molecule has 1 aromatic heterocycles. The Bertz CT molecular complexity index is 978. The zero-order chi connectivity index (χ0) is 24.5. The predicted molar refractivity (Wildman–Crippen MR) is 138 cm³/mol. The lowest BCUT2D eigenvalue weighted by atomic mass is 10.1. The maximum atomic E-state index is 11.2. The van der Waals surface area contributed by atoms with E-state index in [2.05, 4.69) is 10.2 Å². The molecule has 2 heterocycles. The van der Waals surface area contributed by atoms with Gasteiger partial charge in [0.2, 0.25) is 0 Å². The second-order valence-electron chi connectivity index (χ2n) is 9.54. The van der Waals surface area contributed by atoms with Gasteiger partial charge in [0.15, 0.2) is 17.7 Å². The number of likely N-dealkylation sites (tertiary alicyclic amines) is 1. The van der Waals surface area contributed by atoms with Crippen LogP contribution in [0.15, 0.2) is 12.1 Å². The maximum absolute atomic E-state index is 11.2. The van der Waals surface area contributed by atoms with Crippen LogP contribution in [0.5, 0.6) is 11.5 Å². The third-order valence-electron chi connectivity index (χ3n) is 7.07. The fourth-order valence-corrected chi connectivity index (χ4v) is 5.24. The first-order valence-corrected chi connectivity index (χ1v) is 13.2. The SMILES string of the molecule is COc1cc2c(NC(CCCCCN)OC=O)c3c(nc2cc1OCCCN1CCCC1)CCC3. The predicted octanol–water partition coefficient (Wildman–Crippen LogP) is 4.03. The fraction of sp³-hybridized carbons (Fsp3) is 0.630. The summed E-state index contributed by atoms with van der Waals surface area (Å²) in [6, 6.07) is 4.00. The molecule has 192 valence electrons. The summed E-state index contributed by atoms with van der Waals surface area (Å²) in [5.41, 5.74) is 9.81. The highest BCUT2D eigenvalue weighted by molar-refractivity contribution is 5.96. The molecule has 0 radical (unpaired) electrons. The van der Waals surface area contributed by atoms with Crippen LogP contribution < -0.4 is 20.5 Å². The molecule has 1 fully saturated rings. The lowest BCUT2D eigenvalue weighted by Crippen LogP contribution is -2.24. The fourth-order valence-electron chi connectivity index (χ4n) is 5.24. The number of ether oxygens (including phenoxy) is 3. The van der Waals surface area contributed by atoms with E-state index in [4.69, 9.17) is 24.9 Å². The highest BCUT2D eigenvalue weighted by atomic mass is 16.5. The Morgan fingerprint density at radius 3 is 2.74 bits per heavy atom. The van der Waals surface area contributed by atoms with E-state index in [0.717, 1.165) is 85.9 Å². The quantitative estimate of drug-likeness (QED) is 0.222. The number of pyridine rings is 1. The molecule has 8 heteroatoms. The second-order valence-corrected chi connectivity index (χ2v) is 9.54. The number of rotatable bonds is 15. The van der Waals surface area contributed by atoms with Crippen LogP contribution in [0.2, 0.25) is 0 Å². The molecule has 1 atom stereocenters. The molecule has 1 saturated heterocycles. The van der Waals surface area contributed by atoms with Gasteiger partial charge in [-0.15, -0.1) is 0 Å². The van der Waals surface area contributed by atoms with Gasteiger partial charge in [0.1, 0.15) is 0 Å². The number of benzene rings is 1. The topological polar surface area (TPSA) is 98.9 Å². The number of hydrogen-bond acceptors (Lipinski definition) is 8. The van der Waals surface area contributed by atoms with Crippen LogP contribution in [0.1, 0.15) is 62.6 Å². The van der Waals surface area contributed by atoms with Crippen LogP contribution in [0.25, 0.3) is 10.9 Å². The average molecular weight is 485 g/mol. The maximum Gasteiger partial charge on any atom is 0.294 e. The summed E-state index contributed by atoms with van der Waals surface area (Å²) in [6.07, 6.45) is 9.83. The van der Waals surface area contributed by atoms with Crippen molar-refractivity contribution in [2.24, 2.45) is 5.73 Å². The standard InChI is InChI=1S/C27H40N4O4/c1-33-24-17-21-23(18-25(24)34-16-8-15-31-13-5-6-14-31)29-22-10-7-9-20(22)27(21)30-26(35-19-32)11-3-2-4-12-28/h17-19,26H,2-16,28H2,1H3,(H,29,30). The van der Waals surface area contributed by atoms with Gasteiger partial charge in [-0.05, 0) is 82.6 Å². The number of carbonyl (C=O) groups excluding carboxylic acids is 1. The Morgan fingerprint density at radius 2 is 1.97 bits per heavy atom. The van der Waals surface area contributed by atoms with Gasteiger partial charge >= 0.3 is 0 Å². The molecule has 1 unspecified atom stereocenters. The normalized spacial score (nSPS) is 16.3. The molecule has 2 aromatic rings. The van der Waals surface area contributed by atoms with E-state index in [1.165, 1.54) is 31.5 Å². The summed E-state index contributed by atoms with van der Waals surface area (Å²) >= 11 is 0. The lowest BCUT2D eigenvalue weighted by molar-refractivity contribution is -0.132. The Labute approximate surface area is 208 Å². The molecule has 4 rings (SSSR count). The molecule has 1 aromatic carbocycles. The zero-order valence-electron chi connectivity index (χ0n) is 21.0. The van der Waals surface area contributed by atoms with Crippen molar-refractivity contribution < 1.29 is 19.0 Å². The van der Waals surface area contributed by atoms with E-state index < -0.39 is 6.23 Å². The van der Waals surface area contributed by atoms with Gasteiger partial charge in [-0.1, -0.05) is 6.42 Å². The number of nitrogens with one attached hydrogen (secondary N) is 1. The molecular weight excluding hydrogens is 444 g/mol. The first kappa shape index (κ1) is 25.5. The van der Waals surface area contributed by atoms with Crippen LogP contribution in [-0.4, -0.2) is 62.5 Å². The first-order valence-electron chi connectivity index (χ1n) is 13.2. The van der Waals surface area contributed by atoms with Crippen molar-refractivity contribution in [1.29, 1.82) is 0 Å². The van der Waals surface area contributed by atoms with Crippen molar-refractivity contribution in [3.63, 3.8) is 0 Å². The third-order valence-corrected chi connectivity index (χ3v) is 7.07. The zero-order valence-corrected chi connectivity index (χ0v) is 21.0. The number of aromatic nitrogens is 1. The van der Waals surface area contributed by atoms with Gasteiger partial charge in [-0.25, -0.2) is 0 Å². The molecule has 1 aliphatic heterocycles. The first-order chi connectivity index (χ1) is 17.2. The second kappa shape index (κ2) is 12.9. The molecule has 0 saturated carbocycles. The van der Waals surface area contributed by atoms with Gasteiger partial charge < -0.3 is 30.2 Å². The van der Waals surface area contributed by atoms with Crippen molar-refractivity contribution >= 4 is 23.1 Å². The Morgan fingerprint density at radius 1 is 1.11 bits per heavy atom. The summed E-state index contributed by atoms with van der Waals surface area (Å²) in [7, 11) is 1.67. The van der Waals surface area contributed by atoms with E-state index in [1.807, 2.05) is 12.1 Å². The Kier molecular flexibility index (Phi) is 9.42. The largest absolute Gasteiger partial charge is 0.493 e. The monoisotopic (exact) mass is 484 g/mol. The Balaban J connectivity index is 1.54. The third kappa shape index (κ3) is 6.55. The van der Waals surface area contributed by atoms with Gasteiger partial charge in [0, 0.05) is 30.1 Å². The number of anilines is 1. The van der Waals surface area contributed by atoms with Crippen molar-refractivity contribution in [3.05, 3.63) is 23.4 Å². The highest BCUT2D eigenvalue weighted by Gasteiger charge is 2.23. The molecule has 1 aliphatic carbocycles. The number of unbranched alkanes of at least 4 members (excludes halogenated alkanes) is 2. The van der Waals surface area contributed by atoms with E-state index in [9.17, 15) is 4.79 Å². The van der Waals surface area contributed by atoms with Crippen LogP contribution in [0.4, 0.5) is 5.69 Å². The van der Waals surface area contributed by atoms with Crippen molar-refractivity contribution in [3.8, 4) is 11.5 Å². The molecule has 2 aliphatic rings. The van der Waals surface area contributed by atoms with Crippen molar-refractivity contribution in [1.82, 2.24) is 9.88 Å². The number of fused-ring (bicyclic) bond motifs is 2. The number of aryl methyl sites for hydroxylation is 1. The molecule has 0 bridgehead atoms. The van der Waals surface area contributed by atoms with Gasteiger partial charge in [0.25, 0.3) is 6.47 Å². The van der Waals surface area contributed by atoms with Crippen LogP contribution >= 0.6 is 0 Å². The van der Waals surface area contributed by atoms with Crippen LogP contribution in [-0.2, 0) is 22.4 Å². The van der Waals surface area contributed by atoms with Gasteiger partial charge in [0.05, 0.1) is 24.9 Å². The van der Waals surface area contributed by atoms with E-state index in [-0.39, 0.29) is 0 Å². The summed E-state index contributed by atoms with van der Waals surface area (Å²) < 4.78 is 17.3. The van der Waals surface area contributed by atoms with Gasteiger partial charge in [-0.3, -0.25) is 9.78 Å². The number of methoxy groups -OCH3 is 1. The van der Waals surface area contributed by atoms with Crippen molar-refractivity contribution in [2.45, 2.75) is 70.4 Å². The van der Waals surface area contributed by atoms with E-state index in [1.54, 1.807) is 7.11 Å². The minimum Gasteiger partial charge on any atom is -0.493 e. The molecular formula is C27H40N4O4. The molecule has 0 amide bonds. The van der Waals surface area contributed by atoms with Crippen molar-refractivity contribution in [2.75, 3.05) is 45.2 Å². The summed E-state index contributed by atoms with van der Waals surface area (Å²) in [4.78, 5) is 18.7. The highest BCUT2D eigenvalue weighted by Crippen LogP contribution is 2.40. The number of nitrogens with two attached hydrogens (primary N) is 1. The van der Waals surface area contributed by atoms with Gasteiger partial charge in [-0.2, -0.15) is 0 Å². The number of hydrogen-bond donors (Lipinski definition) is 2. The number of carbonyl (C=O) groups is 1. The smallest absolute Gasteiger partial charge is 0.294 e. The molecule has 0 spiro atoms. The lowest BCUT2D eigenvalue weighted by Gasteiger charge is -2.22. The number of nitrogens with zero attached hydrogens (tertiary/aromatic N) is 2. The average Bonchev–Trinajstić information content (AvgIpc) is 3.56. The molecule has 3 N–H and O–H groups in total. The summed E-state index contributed by atoms with van der Waals surface area (Å²) in [6.45, 7) is 5.32. The van der Waals surface area contributed by atoms with E-state index >= 15 is 0 Å². The molecule has 35 heavy (non-hydrogen) atoms. The Hall–Kier alpha value is -2.58. The van der Waals surface area contributed by atoms with Crippen LogP contribution in [0, 0.1) is 0 Å². The van der Waals surface area contributed by atoms with Crippen LogP contribution in [0.3, 0.4) is 0 Å².